The van der Waals surface area contributed by atoms with Gasteiger partial charge in [-0.2, -0.15) is 5.10 Å². The predicted molar refractivity (Wildman–Crippen MR) is 94.4 cm³/mol. The maximum atomic E-state index is 12.3. The maximum absolute atomic E-state index is 12.3. The van der Waals surface area contributed by atoms with E-state index in [0.29, 0.717) is 5.56 Å². The van der Waals surface area contributed by atoms with E-state index in [-0.39, 0.29) is 5.91 Å². The summed E-state index contributed by atoms with van der Waals surface area (Å²) in [4.78, 5) is 17.7. The van der Waals surface area contributed by atoms with Gasteiger partial charge in [0.25, 0.3) is 5.91 Å². The number of hydrogen-bond acceptors (Lipinski definition) is 4. The van der Waals surface area contributed by atoms with Crippen LogP contribution in [-0.2, 0) is 13.6 Å². The fourth-order valence-electron chi connectivity index (χ4n) is 2.24. The number of amides is 1. The van der Waals surface area contributed by atoms with Gasteiger partial charge in [0.2, 0.25) is 0 Å². The van der Waals surface area contributed by atoms with E-state index in [4.69, 9.17) is 0 Å². The Balaban J connectivity index is 1.72. The lowest BCUT2D eigenvalue weighted by atomic mass is 10.2. The van der Waals surface area contributed by atoms with Crippen molar-refractivity contribution in [2.45, 2.75) is 30.4 Å². The highest BCUT2D eigenvalue weighted by Crippen LogP contribution is 2.29. The van der Waals surface area contributed by atoms with Gasteiger partial charge in [0.15, 0.2) is 5.16 Å². The lowest BCUT2D eigenvalue weighted by molar-refractivity contribution is 0.102. The molecule has 0 unspecified atom stereocenters. The topological polar surface area (TPSA) is 64.7 Å². The summed E-state index contributed by atoms with van der Waals surface area (Å²) in [5.41, 5.74) is 2.36. The van der Waals surface area contributed by atoms with Gasteiger partial charge in [0.05, 0.1) is 11.8 Å². The second-order valence-electron chi connectivity index (χ2n) is 5.44. The van der Waals surface area contributed by atoms with Crippen LogP contribution in [0.25, 0.3) is 0 Å². The normalized spacial score (nSPS) is 10.8. The molecular weight excluding hydrogens is 322 g/mol. The molecule has 0 saturated heterocycles. The lowest BCUT2D eigenvalue weighted by Gasteiger charge is -2.09. The number of nitrogens with zero attached hydrogens (tertiary/aromatic N) is 4. The van der Waals surface area contributed by atoms with Crippen LogP contribution in [0, 0.1) is 6.92 Å². The largest absolute Gasteiger partial charge is 0.329 e. The van der Waals surface area contributed by atoms with Gasteiger partial charge >= 0.3 is 0 Å². The van der Waals surface area contributed by atoms with E-state index in [2.05, 4.69) is 15.4 Å². The van der Waals surface area contributed by atoms with E-state index in [1.54, 1.807) is 35.0 Å². The van der Waals surface area contributed by atoms with Crippen LogP contribution in [0.4, 0.5) is 5.69 Å². The number of carbonyl (C=O) groups is 1. The summed E-state index contributed by atoms with van der Waals surface area (Å²) >= 11 is 1.59. The van der Waals surface area contributed by atoms with Crippen molar-refractivity contribution in [3.05, 3.63) is 54.1 Å². The maximum Gasteiger partial charge on any atom is 0.258 e. The Kier molecular flexibility index (Phi) is 4.71. The highest BCUT2D eigenvalue weighted by Gasteiger charge is 2.11. The minimum atomic E-state index is -0.151. The molecule has 1 N–H and O–H groups in total. The summed E-state index contributed by atoms with van der Waals surface area (Å²) in [6.45, 7) is 4.70. The average molecular weight is 341 g/mol. The molecule has 0 aliphatic carbocycles. The van der Waals surface area contributed by atoms with E-state index in [1.807, 2.05) is 49.9 Å². The quantitative estimate of drug-likeness (QED) is 0.773. The predicted octanol–water partition coefficient (Wildman–Crippen LogP) is 3.35. The molecule has 3 aromatic rings. The summed E-state index contributed by atoms with van der Waals surface area (Å²) in [6.07, 6.45) is 7.02. The number of hydrogen-bond donors (Lipinski definition) is 1. The molecule has 24 heavy (non-hydrogen) atoms. The molecule has 0 radical (unpaired) electrons. The Morgan fingerprint density at radius 1 is 1.38 bits per heavy atom. The Labute approximate surface area is 144 Å². The van der Waals surface area contributed by atoms with Crippen molar-refractivity contribution in [3.63, 3.8) is 0 Å². The van der Waals surface area contributed by atoms with E-state index in [0.717, 1.165) is 27.8 Å². The van der Waals surface area contributed by atoms with Crippen LogP contribution in [-0.4, -0.2) is 25.2 Å². The number of rotatable bonds is 5. The molecule has 0 aliphatic heterocycles. The Hall–Kier alpha value is -2.54. The second kappa shape index (κ2) is 6.92. The molecule has 7 heteroatoms. The van der Waals surface area contributed by atoms with Gasteiger partial charge in [0, 0.05) is 42.8 Å². The van der Waals surface area contributed by atoms with E-state index in [9.17, 15) is 4.79 Å². The summed E-state index contributed by atoms with van der Waals surface area (Å²) in [5, 5.41) is 8.00. The van der Waals surface area contributed by atoms with Crippen molar-refractivity contribution < 1.29 is 4.79 Å². The highest BCUT2D eigenvalue weighted by molar-refractivity contribution is 7.99. The van der Waals surface area contributed by atoms with E-state index < -0.39 is 0 Å². The van der Waals surface area contributed by atoms with Gasteiger partial charge < -0.3 is 9.88 Å². The third kappa shape index (κ3) is 3.51. The van der Waals surface area contributed by atoms with Crippen LogP contribution >= 0.6 is 11.8 Å². The molecule has 2 aromatic heterocycles. The summed E-state index contributed by atoms with van der Waals surface area (Å²) < 4.78 is 3.70. The van der Waals surface area contributed by atoms with Gasteiger partial charge in [-0.15, -0.1) is 0 Å². The van der Waals surface area contributed by atoms with E-state index >= 15 is 0 Å². The van der Waals surface area contributed by atoms with E-state index in [1.165, 1.54) is 0 Å². The molecule has 0 aliphatic rings. The average Bonchev–Trinajstić information content (AvgIpc) is 3.19. The first kappa shape index (κ1) is 16.3. The van der Waals surface area contributed by atoms with Crippen LogP contribution < -0.4 is 5.32 Å². The zero-order chi connectivity index (χ0) is 17.1. The molecule has 124 valence electrons. The fourth-order valence-corrected chi connectivity index (χ4v) is 3.14. The van der Waals surface area contributed by atoms with Crippen LogP contribution in [0.5, 0.6) is 0 Å². The minimum Gasteiger partial charge on any atom is -0.329 e. The van der Waals surface area contributed by atoms with Crippen molar-refractivity contribution in [1.29, 1.82) is 0 Å². The standard InChI is InChI=1S/C17H19N5OS/c1-4-22-11-13(10-19-22)16(23)20-15-6-5-14(9-12(15)2)24-17-18-7-8-21(17)3/h5-11H,4H2,1-3H3,(H,20,23). The molecule has 3 rings (SSSR count). The second-order valence-corrected chi connectivity index (χ2v) is 6.48. The molecule has 1 amide bonds. The first-order valence-corrected chi connectivity index (χ1v) is 8.48. The zero-order valence-electron chi connectivity index (χ0n) is 13.9. The molecule has 0 fully saturated rings. The number of nitrogens with one attached hydrogen (secondary N) is 1. The first-order chi connectivity index (χ1) is 11.6. The number of aromatic nitrogens is 4. The molecule has 0 saturated carbocycles. The third-order valence-corrected chi connectivity index (χ3v) is 4.72. The number of carbonyl (C=O) groups excluding carboxylic acids is 1. The smallest absolute Gasteiger partial charge is 0.258 e. The van der Waals surface area contributed by atoms with Gasteiger partial charge in [-0.1, -0.05) is 11.8 Å². The van der Waals surface area contributed by atoms with Gasteiger partial charge in [-0.05, 0) is 37.6 Å². The molecule has 0 atom stereocenters. The Morgan fingerprint density at radius 3 is 2.83 bits per heavy atom. The van der Waals surface area contributed by atoms with Crippen molar-refractivity contribution in [2.24, 2.45) is 7.05 Å². The van der Waals surface area contributed by atoms with Gasteiger partial charge in [-0.25, -0.2) is 4.98 Å². The van der Waals surface area contributed by atoms with Crippen molar-refractivity contribution in [2.75, 3.05) is 5.32 Å². The SMILES string of the molecule is CCn1cc(C(=O)Nc2ccc(Sc3nccn3C)cc2C)cn1. The highest BCUT2D eigenvalue weighted by atomic mass is 32.2. The fraction of sp³-hybridized carbons (Fsp3) is 0.235. The van der Waals surface area contributed by atoms with Crippen LogP contribution in [0.2, 0.25) is 0 Å². The van der Waals surface area contributed by atoms with Gasteiger partial charge in [-0.3, -0.25) is 9.48 Å². The molecular formula is C17H19N5OS. The van der Waals surface area contributed by atoms with Crippen molar-refractivity contribution >= 4 is 23.4 Å². The minimum absolute atomic E-state index is 0.151. The first-order valence-electron chi connectivity index (χ1n) is 7.66. The number of benzene rings is 1. The molecule has 6 nitrogen and oxygen atoms in total. The molecule has 0 spiro atoms. The monoisotopic (exact) mass is 341 g/mol. The number of aryl methyl sites for hydroxylation is 3. The number of anilines is 1. The third-order valence-electron chi connectivity index (χ3n) is 3.65. The van der Waals surface area contributed by atoms with Gasteiger partial charge in [0.1, 0.15) is 0 Å². The zero-order valence-corrected chi connectivity index (χ0v) is 14.7. The Morgan fingerprint density at radius 2 is 2.21 bits per heavy atom. The van der Waals surface area contributed by atoms with Crippen molar-refractivity contribution in [3.8, 4) is 0 Å². The summed E-state index contributed by atoms with van der Waals surface area (Å²) in [5.74, 6) is -0.151. The molecule has 0 bridgehead atoms. The van der Waals surface area contributed by atoms with Crippen LogP contribution in [0.3, 0.4) is 0 Å². The summed E-state index contributed by atoms with van der Waals surface area (Å²) in [7, 11) is 1.97. The van der Waals surface area contributed by atoms with Crippen molar-refractivity contribution in [1.82, 2.24) is 19.3 Å². The molecule has 2 heterocycles. The molecule has 1 aromatic carbocycles. The lowest BCUT2D eigenvalue weighted by Crippen LogP contribution is -2.12. The van der Waals surface area contributed by atoms with Crippen LogP contribution in [0.1, 0.15) is 22.8 Å². The van der Waals surface area contributed by atoms with Crippen LogP contribution in [0.15, 0.2) is 53.0 Å². The summed E-state index contributed by atoms with van der Waals surface area (Å²) in [6, 6.07) is 5.95. The number of imidazole rings is 1. The Bertz CT molecular complexity index is 868.